The molecule has 0 unspecified atom stereocenters. The number of hydrogen-bond acceptors (Lipinski definition) is 2. The Morgan fingerprint density at radius 1 is 1.55 bits per heavy atom. The van der Waals surface area contributed by atoms with Crippen LogP contribution in [-0.2, 0) is 4.79 Å². The van der Waals surface area contributed by atoms with Gasteiger partial charge in [-0.2, -0.15) is 0 Å². The van der Waals surface area contributed by atoms with Gasteiger partial charge >= 0.3 is 0 Å². The van der Waals surface area contributed by atoms with Crippen molar-refractivity contribution in [1.29, 1.82) is 0 Å². The highest BCUT2D eigenvalue weighted by Crippen LogP contribution is 1.95. The zero-order chi connectivity index (χ0) is 8.69. The molecule has 0 spiro atoms. The molecule has 0 bridgehead atoms. The summed E-state index contributed by atoms with van der Waals surface area (Å²) in [6.07, 6.45) is 1.00. The number of carbonyl (C=O) groups is 1. The van der Waals surface area contributed by atoms with E-state index in [0.29, 0.717) is 25.0 Å². The van der Waals surface area contributed by atoms with Gasteiger partial charge in [0.15, 0.2) is 0 Å². The van der Waals surface area contributed by atoms with E-state index in [9.17, 15) is 4.79 Å². The molecular weight excluding hydrogens is 142 g/mol. The Balaban J connectivity index is 3.56. The van der Waals surface area contributed by atoms with E-state index in [2.05, 4.69) is 18.8 Å². The van der Waals surface area contributed by atoms with Gasteiger partial charge in [0.1, 0.15) is 0 Å². The summed E-state index contributed by atoms with van der Waals surface area (Å²) >= 11 is 0. The molecule has 0 rings (SSSR count). The van der Waals surface area contributed by atoms with Crippen molar-refractivity contribution < 1.29 is 9.90 Å². The first-order chi connectivity index (χ1) is 5.22. The predicted molar refractivity (Wildman–Crippen MR) is 43.8 cm³/mol. The van der Waals surface area contributed by atoms with Crippen LogP contribution in [-0.4, -0.2) is 24.2 Å². The average Bonchev–Trinajstić information content (AvgIpc) is 2.00. The third-order valence-electron chi connectivity index (χ3n) is 1.20. The summed E-state index contributed by atoms with van der Waals surface area (Å²) in [5.41, 5.74) is 0.418. The molecule has 0 atom stereocenters. The fraction of sp³-hybridized carbons (Fsp3) is 0.500. The molecule has 0 aromatic heterocycles. The smallest absolute Gasteiger partial charge is 0.246 e. The molecule has 63 valence electrons. The lowest BCUT2D eigenvalue weighted by Crippen LogP contribution is -2.25. The number of rotatable bonds is 5. The van der Waals surface area contributed by atoms with E-state index in [1.165, 1.54) is 0 Å². The summed E-state index contributed by atoms with van der Waals surface area (Å²) in [4.78, 5) is 10.9. The number of carbonyl (C=O) groups excluding carboxylic acids is 1. The van der Waals surface area contributed by atoms with Gasteiger partial charge in [-0.1, -0.05) is 13.5 Å². The van der Waals surface area contributed by atoms with Gasteiger partial charge < -0.3 is 10.4 Å². The van der Waals surface area contributed by atoms with Crippen molar-refractivity contribution in [2.45, 2.75) is 12.8 Å². The monoisotopic (exact) mass is 156 g/mol. The van der Waals surface area contributed by atoms with Crippen molar-refractivity contribution in [2.75, 3.05) is 13.2 Å². The topological polar surface area (TPSA) is 49.3 Å². The van der Waals surface area contributed by atoms with Gasteiger partial charge in [0.25, 0.3) is 0 Å². The molecule has 0 aromatic carbocycles. The Labute approximate surface area is 67.1 Å². The Bertz CT molecular complexity index is 143. The Morgan fingerprint density at radius 3 is 2.64 bits per heavy atom. The van der Waals surface area contributed by atoms with Crippen LogP contribution in [0.25, 0.3) is 0 Å². The number of amides is 1. The minimum atomic E-state index is -0.192. The maximum absolute atomic E-state index is 10.9. The minimum Gasteiger partial charge on any atom is -0.396 e. The Kier molecular flexibility index (Phi) is 5.47. The first-order valence-electron chi connectivity index (χ1n) is 3.58. The van der Waals surface area contributed by atoms with Crippen LogP contribution in [0.4, 0.5) is 0 Å². The highest BCUT2D eigenvalue weighted by Gasteiger charge is 2.03. The first kappa shape index (κ1) is 10.2. The van der Waals surface area contributed by atoms with Crippen molar-refractivity contribution in [1.82, 2.24) is 5.32 Å². The summed E-state index contributed by atoms with van der Waals surface area (Å²) in [7, 11) is 0. The third kappa shape index (κ3) is 4.56. The van der Waals surface area contributed by atoms with Crippen LogP contribution >= 0.6 is 0 Å². The van der Waals surface area contributed by atoms with Crippen molar-refractivity contribution in [3.05, 3.63) is 19.1 Å². The zero-order valence-corrected chi connectivity index (χ0v) is 6.60. The molecule has 3 nitrogen and oxygen atoms in total. The van der Waals surface area contributed by atoms with E-state index in [-0.39, 0.29) is 12.5 Å². The Morgan fingerprint density at radius 2 is 2.18 bits per heavy atom. The van der Waals surface area contributed by atoms with Gasteiger partial charge in [-0.05, 0) is 6.42 Å². The maximum atomic E-state index is 10.9. The third-order valence-corrected chi connectivity index (χ3v) is 1.20. The van der Waals surface area contributed by atoms with Crippen LogP contribution < -0.4 is 5.32 Å². The molecule has 0 aliphatic rings. The molecule has 0 fully saturated rings. The summed E-state index contributed by atoms with van der Waals surface area (Å²) in [5.74, 6) is -0.192. The largest absolute Gasteiger partial charge is 0.396 e. The lowest BCUT2D eigenvalue weighted by molar-refractivity contribution is -0.117. The van der Waals surface area contributed by atoms with Gasteiger partial charge in [-0.15, -0.1) is 0 Å². The number of aliphatic hydroxyl groups is 1. The fourth-order valence-corrected chi connectivity index (χ4v) is 0.575. The normalized spacial score (nSPS) is 9.27. The summed E-state index contributed by atoms with van der Waals surface area (Å²) in [6.45, 7) is 7.60. The predicted octanol–water partition coefficient (Wildman–Crippen LogP) is 0.265. The summed E-state index contributed by atoms with van der Waals surface area (Å²) in [5, 5.41) is 11.1. The average molecular weight is 156 g/mol. The summed E-state index contributed by atoms with van der Waals surface area (Å²) in [6, 6.07) is 0. The van der Waals surface area contributed by atoms with Crippen LogP contribution in [0.2, 0.25) is 0 Å². The highest BCUT2D eigenvalue weighted by atomic mass is 16.3. The van der Waals surface area contributed by atoms with E-state index in [0.717, 1.165) is 0 Å². The molecule has 1 amide bonds. The van der Waals surface area contributed by atoms with Crippen LogP contribution in [0.5, 0.6) is 0 Å². The van der Waals surface area contributed by atoms with Gasteiger partial charge in [-0.25, -0.2) is 0 Å². The molecule has 0 saturated heterocycles. The van der Waals surface area contributed by atoms with Gasteiger partial charge in [0.05, 0.1) is 0 Å². The molecular formula is C8H14NO2. The SMILES string of the molecule is [CH2]CCNC(=O)C(=C)CCO. The number of nitrogens with one attached hydrogen (secondary N) is 1. The van der Waals surface area contributed by atoms with Crippen molar-refractivity contribution >= 4 is 5.91 Å². The van der Waals surface area contributed by atoms with E-state index in [4.69, 9.17) is 5.11 Å². The molecule has 1 radical (unpaired) electrons. The van der Waals surface area contributed by atoms with E-state index in [1.54, 1.807) is 0 Å². The van der Waals surface area contributed by atoms with E-state index >= 15 is 0 Å². The minimum absolute atomic E-state index is 0.0311. The number of aliphatic hydroxyl groups excluding tert-OH is 1. The summed E-state index contributed by atoms with van der Waals surface area (Å²) < 4.78 is 0. The molecule has 0 saturated carbocycles. The van der Waals surface area contributed by atoms with Crippen LogP contribution in [0, 0.1) is 6.92 Å². The Hall–Kier alpha value is -0.830. The second-order valence-corrected chi connectivity index (χ2v) is 2.19. The van der Waals surface area contributed by atoms with Crippen LogP contribution in [0.15, 0.2) is 12.2 Å². The zero-order valence-electron chi connectivity index (χ0n) is 6.60. The van der Waals surface area contributed by atoms with Gasteiger partial charge in [0.2, 0.25) is 5.91 Å². The van der Waals surface area contributed by atoms with Gasteiger partial charge in [0, 0.05) is 25.1 Å². The molecule has 0 aliphatic carbocycles. The standard InChI is InChI=1S/C8H14NO2/c1-3-5-9-8(11)7(2)4-6-10/h10H,1-6H2,(H,9,11). The van der Waals surface area contributed by atoms with Crippen LogP contribution in [0.1, 0.15) is 12.8 Å². The van der Waals surface area contributed by atoms with Crippen molar-refractivity contribution in [2.24, 2.45) is 0 Å². The number of hydrogen-bond donors (Lipinski definition) is 2. The maximum Gasteiger partial charge on any atom is 0.246 e. The first-order valence-corrected chi connectivity index (χ1v) is 3.58. The quantitative estimate of drug-likeness (QED) is 0.561. The molecule has 0 aromatic rings. The lowest BCUT2D eigenvalue weighted by Gasteiger charge is -2.03. The van der Waals surface area contributed by atoms with Gasteiger partial charge in [-0.3, -0.25) is 4.79 Å². The van der Waals surface area contributed by atoms with Crippen LogP contribution in [0.3, 0.4) is 0 Å². The molecule has 0 heterocycles. The molecule has 11 heavy (non-hydrogen) atoms. The second kappa shape index (κ2) is 5.92. The molecule has 2 N–H and O–H groups in total. The molecule has 3 heteroatoms. The molecule has 0 aliphatic heterocycles. The van der Waals surface area contributed by atoms with E-state index in [1.807, 2.05) is 0 Å². The fourth-order valence-electron chi connectivity index (χ4n) is 0.575. The van der Waals surface area contributed by atoms with Crippen molar-refractivity contribution in [3.63, 3.8) is 0 Å². The van der Waals surface area contributed by atoms with E-state index < -0.39 is 0 Å². The lowest BCUT2D eigenvalue weighted by atomic mass is 10.2. The van der Waals surface area contributed by atoms with Crippen molar-refractivity contribution in [3.8, 4) is 0 Å². The second-order valence-electron chi connectivity index (χ2n) is 2.19. The highest BCUT2D eigenvalue weighted by molar-refractivity contribution is 5.92.